The molecule has 1 heterocycles. The van der Waals surface area contributed by atoms with Crippen LogP contribution in [-0.2, 0) is 0 Å². The van der Waals surface area contributed by atoms with Gasteiger partial charge in [-0.1, -0.05) is 6.07 Å². The standard InChI is InChI=1S/C12H10FN3O2/c13-7-2-1-3-9(4-7)18-12-10(11(15)17)5-8(14)6-16-12/h1-6H,14H2,(H2,15,17). The summed E-state index contributed by atoms with van der Waals surface area (Å²) in [6.45, 7) is 0. The maximum atomic E-state index is 13.0. The summed E-state index contributed by atoms with van der Waals surface area (Å²) in [5.41, 5.74) is 11.0. The topological polar surface area (TPSA) is 91.2 Å². The van der Waals surface area contributed by atoms with Gasteiger partial charge in [0.1, 0.15) is 17.1 Å². The highest BCUT2D eigenvalue weighted by Crippen LogP contribution is 2.24. The number of nitrogens with two attached hydrogens (primary N) is 2. The Morgan fingerprint density at radius 1 is 1.33 bits per heavy atom. The summed E-state index contributed by atoms with van der Waals surface area (Å²) >= 11 is 0. The van der Waals surface area contributed by atoms with Crippen molar-refractivity contribution in [1.29, 1.82) is 0 Å². The largest absolute Gasteiger partial charge is 0.438 e. The highest BCUT2D eigenvalue weighted by atomic mass is 19.1. The second-order valence-electron chi connectivity index (χ2n) is 3.55. The van der Waals surface area contributed by atoms with Gasteiger partial charge in [0, 0.05) is 6.07 Å². The normalized spacial score (nSPS) is 10.1. The molecule has 0 fully saturated rings. The van der Waals surface area contributed by atoms with Crippen molar-refractivity contribution in [3.63, 3.8) is 0 Å². The fraction of sp³-hybridized carbons (Fsp3) is 0. The summed E-state index contributed by atoms with van der Waals surface area (Å²) in [5.74, 6) is -0.971. The third-order valence-electron chi connectivity index (χ3n) is 2.15. The first-order valence-electron chi connectivity index (χ1n) is 5.05. The number of nitrogen functional groups attached to an aromatic ring is 1. The molecule has 0 aliphatic heterocycles. The van der Waals surface area contributed by atoms with Crippen molar-refractivity contribution in [2.75, 3.05) is 5.73 Å². The van der Waals surface area contributed by atoms with Crippen LogP contribution in [0.15, 0.2) is 36.5 Å². The van der Waals surface area contributed by atoms with Crippen LogP contribution in [0.25, 0.3) is 0 Å². The van der Waals surface area contributed by atoms with E-state index < -0.39 is 11.7 Å². The molecule has 4 N–H and O–H groups in total. The SMILES string of the molecule is NC(=O)c1cc(N)cnc1Oc1cccc(F)c1. The number of amides is 1. The van der Waals surface area contributed by atoms with Gasteiger partial charge in [0.25, 0.3) is 5.91 Å². The van der Waals surface area contributed by atoms with Gasteiger partial charge in [0.05, 0.1) is 11.9 Å². The van der Waals surface area contributed by atoms with Gasteiger partial charge >= 0.3 is 0 Å². The van der Waals surface area contributed by atoms with Crippen LogP contribution >= 0.6 is 0 Å². The Bertz CT molecular complexity index is 602. The molecule has 1 aromatic heterocycles. The molecule has 0 bridgehead atoms. The molecule has 0 saturated carbocycles. The van der Waals surface area contributed by atoms with Crippen molar-refractivity contribution >= 4 is 11.6 Å². The van der Waals surface area contributed by atoms with E-state index in [1.54, 1.807) is 0 Å². The maximum Gasteiger partial charge on any atom is 0.254 e. The summed E-state index contributed by atoms with van der Waals surface area (Å²) < 4.78 is 18.3. The molecule has 1 aromatic carbocycles. The average molecular weight is 247 g/mol. The van der Waals surface area contributed by atoms with Crippen molar-refractivity contribution in [3.8, 4) is 11.6 Å². The minimum atomic E-state index is -0.721. The third-order valence-corrected chi connectivity index (χ3v) is 2.15. The van der Waals surface area contributed by atoms with Crippen LogP contribution in [0, 0.1) is 5.82 Å². The molecule has 92 valence electrons. The predicted octanol–water partition coefficient (Wildman–Crippen LogP) is 1.69. The molecular formula is C12H10FN3O2. The molecule has 0 radical (unpaired) electrons. The van der Waals surface area contributed by atoms with Crippen LogP contribution in [0.4, 0.5) is 10.1 Å². The summed E-state index contributed by atoms with van der Waals surface area (Å²) in [4.78, 5) is 15.1. The number of benzene rings is 1. The number of carbonyl (C=O) groups excluding carboxylic acids is 1. The average Bonchev–Trinajstić information content (AvgIpc) is 2.31. The summed E-state index contributed by atoms with van der Waals surface area (Å²) in [7, 11) is 0. The van der Waals surface area contributed by atoms with Gasteiger partial charge in [-0.15, -0.1) is 0 Å². The van der Waals surface area contributed by atoms with Crippen LogP contribution in [0.2, 0.25) is 0 Å². The first-order chi connectivity index (χ1) is 8.56. The van der Waals surface area contributed by atoms with E-state index in [0.29, 0.717) is 0 Å². The number of rotatable bonds is 3. The first kappa shape index (κ1) is 11.8. The number of halogens is 1. The number of anilines is 1. The lowest BCUT2D eigenvalue weighted by Gasteiger charge is -2.08. The third kappa shape index (κ3) is 2.54. The van der Waals surface area contributed by atoms with Gasteiger partial charge in [-0.25, -0.2) is 9.37 Å². The Hall–Kier alpha value is -2.63. The molecule has 0 aliphatic carbocycles. The zero-order chi connectivity index (χ0) is 13.1. The van der Waals surface area contributed by atoms with Gasteiger partial charge in [-0.05, 0) is 18.2 Å². The second kappa shape index (κ2) is 4.70. The van der Waals surface area contributed by atoms with Gasteiger partial charge in [-0.3, -0.25) is 4.79 Å². The molecule has 1 amide bonds. The number of pyridine rings is 1. The first-order valence-corrected chi connectivity index (χ1v) is 5.05. The lowest BCUT2D eigenvalue weighted by Crippen LogP contribution is -2.13. The zero-order valence-electron chi connectivity index (χ0n) is 9.26. The fourth-order valence-corrected chi connectivity index (χ4v) is 1.37. The number of carbonyl (C=O) groups is 1. The van der Waals surface area contributed by atoms with Gasteiger partial charge in [0.2, 0.25) is 5.88 Å². The lowest BCUT2D eigenvalue weighted by molar-refractivity contribution is 0.0997. The van der Waals surface area contributed by atoms with Crippen LogP contribution < -0.4 is 16.2 Å². The highest BCUT2D eigenvalue weighted by molar-refractivity contribution is 5.95. The van der Waals surface area contributed by atoms with Crippen LogP contribution in [0.3, 0.4) is 0 Å². The van der Waals surface area contributed by atoms with Crippen molar-refractivity contribution in [2.45, 2.75) is 0 Å². The highest BCUT2D eigenvalue weighted by Gasteiger charge is 2.12. The van der Waals surface area contributed by atoms with Crippen molar-refractivity contribution < 1.29 is 13.9 Å². The Kier molecular flexibility index (Phi) is 3.09. The van der Waals surface area contributed by atoms with E-state index in [1.807, 2.05) is 0 Å². The van der Waals surface area contributed by atoms with Gasteiger partial charge in [-0.2, -0.15) is 0 Å². The summed E-state index contributed by atoms with van der Waals surface area (Å²) in [6.07, 6.45) is 1.32. The van der Waals surface area contributed by atoms with E-state index in [1.165, 1.54) is 36.5 Å². The van der Waals surface area contributed by atoms with E-state index in [4.69, 9.17) is 16.2 Å². The summed E-state index contributed by atoms with van der Waals surface area (Å²) in [5, 5.41) is 0. The number of nitrogens with zero attached hydrogens (tertiary/aromatic N) is 1. The molecule has 0 saturated heterocycles. The number of primary amides is 1. The molecule has 0 aliphatic rings. The van der Waals surface area contributed by atoms with Crippen molar-refractivity contribution in [2.24, 2.45) is 5.73 Å². The van der Waals surface area contributed by atoms with E-state index >= 15 is 0 Å². The Morgan fingerprint density at radius 2 is 2.11 bits per heavy atom. The van der Waals surface area contributed by atoms with Crippen molar-refractivity contribution in [3.05, 3.63) is 47.9 Å². The number of ether oxygens (including phenoxy) is 1. The fourth-order valence-electron chi connectivity index (χ4n) is 1.37. The summed E-state index contributed by atoms with van der Waals surface area (Å²) in [6, 6.07) is 6.81. The molecule has 18 heavy (non-hydrogen) atoms. The van der Waals surface area contributed by atoms with E-state index in [9.17, 15) is 9.18 Å². The van der Waals surface area contributed by atoms with Gasteiger partial charge in [0.15, 0.2) is 0 Å². The Morgan fingerprint density at radius 3 is 2.78 bits per heavy atom. The number of hydrogen-bond donors (Lipinski definition) is 2. The molecular weight excluding hydrogens is 237 g/mol. The zero-order valence-corrected chi connectivity index (χ0v) is 9.26. The second-order valence-corrected chi connectivity index (χ2v) is 3.55. The van der Waals surface area contributed by atoms with Crippen LogP contribution in [0.5, 0.6) is 11.6 Å². The number of aromatic nitrogens is 1. The predicted molar refractivity (Wildman–Crippen MR) is 63.6 cm³/mol. The lowest BCUT2D eigenvalue weighted by atomic mass is 10.2. The number of hydrogen-bond acceptors (Lipinski definition) is 4. The monoisotopic (exact) mass is 247 g/mol. The quantitative estimate of drug-likeness (QED) is 0.863. The molecule has 2 rings (SSSR count). The molecule has 5 nitrogen and oxygen atoms in total. The van der Waals surface area contributed by atoms with Crippen LogP contribution in [0.1, 0.15) is 10.4 Å². The van der Waals surface area contributed by atoms with Crippen molar-refractivity contribution in [1.82, 2.24) is 4.98 Å². The van der Waals surface area contributed by atoms with E-state index in [-0.39, 0.29) is 22.9 Å². The van der Waals surface area contributed by atoms with Gasteiger partial charge < -0.3 is 16.2 Å². The molecule has 0 atom stereocenters. The molecule has 2 aromatic rings. The minimum absolute atomic E-state index is 0.0118. The Balaban J connectivity index is 2.37. The smallest absolute Gasteiger partial charge is 0.254 e. The van der Waals surface area contributed by atoms with E-state index in [0.717, 1.165) is 0 Å². The maximum absolute atomic E-state index is 13.0. The van der Waals surface area contributed by atoms with Crippen LogP contribution in [-0.4, -0.2) is 10.9 Å². The minimum Gasteiger partial charge on any atom is -0.438 e. The Labute approximate surface area is 102 Å². The van der Waals surface area contributed by atoms with E-state index in [2.05, 4.69) is 4.98 Å². The molecule has 0 spiro atoms. The molecule has 0 unspecified atom stereocenters. The molecule has 6 heteroatoms.